The molecule has 0 saturated heterocycles. The average molecular weight is 414 g/mol. The van der Waals surface area contributed by atoms with Crippen molar-refractivity contribution in [1.82, 2.24) is 19.5 Å². The third kappa shape index (κ3) is 2.70. The summed E-state index contributed by atoms with van der Waals surface area (Å²) in [4.78, 5) is 14.8. The first kappa shape index (κ1) is 17.6. The Hall–Kier alpha value is -3.29. The molecule has 1 aliphatic carbocycles. The molecule has 30 heavy (non-hydrogen) atoms. The van der Waals surface area contributed by atoms with Gasteiger partial charge in [0.2, 0.25) is 0 Å². The highest BCUT2D eigenvalue weighted by Gasteiger charge is 2.31. The number of aromatic nitrogens is 4. The van der Waals surface area contributed by atoms with Crippen molar-refractivity contribution in [2.45, 2.75) is 25.0 Å². The van der Waals surface area contributed by atoms with Crippen LogP contribution in [-0.4, -0.2) is 30.7 Å². The molecule has 5 aromatic rings. The minimum Gasteiger partial charge on any atom is -0.393 e. The minimum atomic E-state index is -0.240. The summed E-state index contributed by atoms with van der Waals surface area (Å²) in [6, 6.07) is 14.8. The number of nitrogens with zero attached hydrogens (tertiary/aromatic N) is 4. The van der Waals surface area contributed by atoms with Gasteiger partial charge in [0, 0.05) is 23.2 Å². The van der Waals surface area contributed by atoms with Crippen LogP contribution in [0.15, 0.2) is 60.4 Å². The zero-order valence-electron chi connectivity index (χ0n) is 16.1. The fourth-order valence-corrected chi connectivity index (χ4v) is 4.93. The summed E-state index contributed by atoms with van der Waals surface area (Å²) in [5.41, 5.74) is 11.0. The molecule has 0 unspecified atom stereocenters. The normalized spacial score (nSPS) is 18.7. The first-order chi connectivity index (χ1) is 14.7. The van der Waals surface area contributed by atoms with E-state index in [1.165, 1.54) is 6.33 Å². The molecule has 4 heterocycles. The number of fused-ring (bicyclic) bond motifs is 2. The van der Waals surface area contributed by atoms with Crippen molar-refractivity contribution in [2.24, 2.45) is 0 Å². The number of nitrogen functional groups attached to an aromatic ring is 1. The molecule has 6 nitrogen and oxygen atoms in total. The molecule has 7 heteroatoms. The van der Waals surface area contributed by atoms with Crippen LogP contribution in [-0.2, 0) is 0 Å². The monoisotopic (exact) mass is 413 g/mol. The van der Waals surface area contributed by atoms with E-state index in [0.717, 1.165) is 56.5 Å². The van der Waals surface area contributed by atoms with Crippen molar-refractivity contribution in [3.8, 4) is 21.7 Å². The second-order valence-corrected chi connectivity index (χ2v) is 8.72. The van der Waals surface area contributed by atoms with E-state index in [1.807, 2.05) is 6.07 Å². The summed E-state index contributed by atoms with van der Waals surface area (Å²) >= 11 is 1.69. The lowest BCUT2D eigenvalue weighted by Crippen LogP contribution is -2.30. The van der Waals surface area contributed by atoms with Crippen LogP contribution in [0.5, 0.6) is 0 Å². The number of hydrogen-bond acceptors (Lipinski definition) is 6. The number of hydrogen-bond donors (Lipinski definition) is 2. The van der Waals surface area contributed by atoms with E-state index in [4.69, 9.17) is 10.7 Å². The molecule has 3 N–H and O–H groups in total. The highest BCUT2D eigenvalue weighted by atomic mass is 32.1. The molecule has 0 atom stereocenters. The number of aliphatic hydroxyl groups excluding tert-OH is 1. The van der Waals surface area contributed by atoms with Crippen molar-refractivity contribution >= 4 is 39.1 Å². The van der Waals surface area contributed by atoms with Gasteiger partial charge in [0.25, 0.3) is 0 Å². The quantitative estimate of drug-likeness (QED) is 0.449. The van der Waals surface area contributed by atoms with Crippen LogP contribution >= 0.6 is 11.3 Å². The van der Waals surface area contributed by atoms with Gasteiger partial charge in [0.05, 0.1) is 27.6 Å². The average Bonchev–Trinajstić information content (AvgIpc) is 3.40. The Labute approximate surface area is 176 Å². The lowest BCUT2D eigenvalue weighted by Gasteiger charge is -2.32. The zero-order chi connectivity index (χ0) is 20.2. The van der Waals surface area contributed by atoms with E-state index in [1.54, 1.807) is 11.3 Å². The van der Waals surface area contributed by atoms with Gasteiger partial charge in [-0.1, -0.05) is 24.3 Å². The molecule has 0 spiro atoms. The van der Waals surface area contributed by atoms with Gasteiger partial charge in [-0.05, 0) is 42.0 Å². The van der Waals surface area contributed by atoms with Gasteiger partial charge in [-0.2, -0.15) is 0 Å². The summed E-state index contributed by atoms with van der Waals surface area (Å²) in [6.07, 6.45) is 4.82. The Morgan fingerprint density at radius 2 is 1.97 bits per heavy atom. The zero-order valence-corrected chi connectivity index (χ0v) is 16.9. The maximum absolute atomic E-state index is 9.77. The molecule has 0 bridgehead atoms. The molecule has 1 aromatic carbocycles. The first-order valence-electron chi connectivity index (χ1n) is 9.91. The smallest absolute Gasteiger partial charge is 0.146 e. The van der Waals surface area contributed by atoms with Crippen molar-refractivity contribution in [3.05, 3.63) is 60.4 Å². The van der Waals surface area contributed by atoms with Gasteiger partial charge in [-0.3, -0.25) is 0 Å². The third-order valence-electron chi connectivity index (χ3n) is 5.90. The second-order valence-electron chi connectivity index (χ2n) is 7.77. The number of benzene rings is 1. The predicted octanol–water partition coefficient (Wildman–Crippen LogP) is 4.65. The molecular weight excluding hydrogens is 394 g/mol. The van der Waals surface area contributed by atoms with E-state index >= 15 is 0 Å². The highest BCUT2D eigenvalue weighted by Crippen LogP contribution is 2.40. The fourth-order valence-electron chi connectivity index (χ4n) is 4.24. The number of anilines is 1. The predicted molar refractivity (Wildman–Crippen MR) is 120 cm³/mol. The summed E-state index contributed by atoms with van der Waals surface area (Å²) in [6.45, 7) is 0. The summed E-state index contributed by atoms with van der Waals surface area (Å²) < 4.78 is 2.13. The molecule has 1 saturated carbocycles. The van der Waals surface area contributed by atoms with Crippen LogP contribution < -0.4 is 5.73 Å². The van der Waals surface area contributed by atoms with Crippen LogP contribution in [0.2, 0.25) is 0 Å². The molecule has 6 rings (SSSR count). The molecule has 0 amide bonds. The maximum atomic E-state index is 9.77. The number of pyridine rings is 1. The number of nitrogens with two attached hydrogens (primary N) is 1. The summed E-state index contributed by atoms with van der Waals surface area (Å²) in [7, 11) is 0. The van der Waals surface area contributed by atoms with Crippen LogP contribution in [0.25, 0.3) is 43.6 Å². The fraction of sp³-hybridized carbons (Fsp3) is 0.174. The lowest BCUT2D eigenvalue weighted by molar-refractivity contribution is 0.0502. The molecular formula is C23H19N5OS. The standard InChI is InChI=1S/C23H19N5OS/c24-22-21-17(11-28(15-9-16(29)10-15)23(21)26-12-25-22)14-4-3-13-5-6-18(27-19(13)8-14)20-2-1-7-30-20/h1-8,11-12,15-16,29H,9-10H2,(H2,24,25,26). The van der Waals surface area contributed by atoms with Crippen LogP contribution in [0.4, 0.5) is 5.82 Å². The lowest BCUT2D eigenvalue weighted by atomic mass is 9.89. The van der Waals surface area contributed by atoms with Crippen LogP contribution in [0.3, 0.4) is 0 Å². The Balaban J connectivity index is 1.53. The van der Waals surface area contributed by atoms with Gasteiger partial charge in [0.1, 0.15) is 17.8 Å². The summed E-state index contributed by atoms with van der Waals surface area (Å²) in [5, 5.41) is 13.8. The van der Waals surface area contributed by atoms with E-state index in [2.05, 4.69) is 62.5 Å². The second kappa shape index (κ2) is 6.62. The SMILES string of the molecule is Nc1ncnc2c1c(-c1ccc3ccc(-c4cccs4)nc3c1)cn2C1CC(O)C1. The Kier molecular flexibility index (Phi) is 3.87. The molecule has 0 radical (unpaired) electrons. The van der Waals surface area contributed by atoms with Crippen LogP contribution in [0.1, 0.15) is 18.9 Å². The largest absolute Gasteiger partial charge is 0.393 e. The van der Waals surface area contributed by atoms with E-state index < -0.39 is 0 Å². The molecule has 0 aliphatic heterocycles. The number of rotatable bonds is 3. The minimum absolute atomic E-state index is 0.231. The van der Waals surface area contributed by atoms with Gasteiger partial charge in [-0.25, -0.2) is 15.0 Å². The van der Waals surface area contributed by atoms with E-state index in [-0.39, 0.29) is 12.1 Å². The molecule has 148 valence electrons. The number of thiophene rings is 1. The molecule has 1 fully saturated rings. The van der Waals surface area contributed by atoms with Gasteiger partial charge in [0.15, 0.2) is 0 Å². The number of aliphatic hydroxyl groups is 1. The Morgan fingerprint density at radius 1 is 1.10 bits per heavy atom. The van der Waals surface area contributed by atoms with Crippen molar-refractivity contribution < 1.29 is 5.11 Å². The van der Waals surface area contributed by atoms with E-state index in [0.29, 0.717) is 5.82 Å². The first-order valence-corrected chi connectivity index (χ1v) is 10.8. The topological polar surface area (TPSA) is 89.9 Å². The molecule has 4 aromatic heterocycles. The Morgan fingerprint density at radius 3 is 2.77 bits per heavy atom. The van der Waals surface area contributed by atoms with E-state index in [9.17, 15) is 5.11 Å². The summed E-state index contributed by atoms with van der Waals surface area (Å²) in [5.74, 6) is 0.467. The van der Waals surface area contributed by atoms with Gasteiger partial charge in [-0.15, -0.1) is 11.3 Å². The highest BCUT2D eigenvalue weighted by molar-refractivity contribution is 7.13. The third-order valence-corrected chi connectivity index (χ3v) is 6.79. The van der Waals surface area contributed by atoms with Crippen LogP contribution in [0, 0.1) is 0 Å². The van der Waals surface area contributed by atoms with Gasteiger partial charge < -0.3 is 15.4 Å². The van der Waals surface area contributed by atoms with Gasteiger partial charge >= 0.3 is 0 Å². The van der Waals surface area contributed by atoms with Crippen molar-refractivity contribution in [2.75, 3.05) is 5.73 Å². The molecule has 1 aliphatic rings. The maximum Gasteiger partial charge on any atom is 0.146 e. The van der Waals surface area contributed by atoms with Crippen molar-refractivity contribution in [1.29, 1.82) is 0 Å². The van der Waals surface area contributed by atoms with Crippen molar-refractivity contribution in [3.63, 3.8) is 0 Å². The Bertz CT molecular complexity index is 1390.